The number of carbonyl (C=O) groups excluding carboxylic acids is 2. The monoisotopic (exact) mass is 329 g/mol. The van der Waals surface area contributed by atoms with Crippen molar-refractivity contribution in [3.8, 4) is 0 Å². The molecule has 5 heteroatoms. The van der Waals surface area contributed by atoms with E-state index in [1.54, 1.807) is 4.90 Å². The highest BCUT2D eigenvalue weighted by Crippen LogP contribution is 2.41. The molecule has 0 aromatic heterocycles. The standard InChI is InChI=1S/C19H27N3O2/c1-3-21-9-11-22(12-10-21)19(24)17-13-16(17)18(23)20(2)14-15-7-5-4-6-8-15/h4-8,16-17H,3,9-14H2,1-2H3. The quantitative estimate of drug-likeness (QED) is 0.821. The first kappa shape index (κ1) is 17.0. The van der Waals surface area contributed by atoms with Crippen molar-refractivity contribution in [3.63, 3.8) is 0 Å². The van der Waals surface area contributed by atoms with Gasteiger partial charge in [-0.1, -0.05) is 37.3 Å². The fourth-order valence-electron chi connectivity index (χ4n) is 3.48. The Kier molecular flexibility index (Phi) is 5.19. The molecule has 2 fully saturated rings. The molecule has 5 nitrogen and oxygen atoms in total. The van der Waals surface area contributed by atoms with Crippen molar-refractivity contribution in [1.29, 1.82) is 0 Å². The van der Waals surface area contributed by atoms with Crippen molar-refractivity contribution in [2.75, 3.05) is 39.8 Å². The molecule has 1 aromatic carbocycles. The molecule has 24 heavy (non-hydrogen) atoms. The number of carbonyl (C=O) groups is 2. The zero-order valence-electron chi connectivity index (χ0n) is 14.6. The lowest BCUT2D eigenvalue weighted by molar-refractivity contribution is -0.138. The van der Waals surface area contributed by atoms with Gasteiger partial charge in [0.2, 0.25) is 11.8 Å². The van der Waals surface area contributed by atoms with E-state index < -0.39 is 0 Å². The van der Waals surface area contributed by atoms with Crippen LogP contribution >= 0.6 is 0 Å². The third kappa shape index (κ3) is 3.78. The van der Waals surface area contributed by atoms with Crippen molar-refractivity contribution in [3.05, 3.63) is 35.9 Å². The van der Waals surface area contributed by atoms with Crippen LogP contribution in [0, 0.1) is 11.8 Å². The molecule has 1 saturated carbocycles. The molecule has 0 bridgehead atoms. The predicted molar refractivity (Wildman–Crippen MR) is 93.2 cm³/mol. The van der Waals surface area contributed by atoms with Gasteiger partial charge in [0.1, 0.15) is 0 Å². The highest BCUT2D eigenvalue weighted by atomic mass is 16.2. The van der Waals surface area contributed by atoms with Crippen molar-refractivity contribution in [2.45, 2.75) is 19.9 Å². The number of likely N-dealkylation sites (N-methyl/N-ethyl adjacent to an activating group) is 1. The Labute approximate surface area is 144 Å². The fourth-order valence-corrected chi connectivity index (χ4v) is 3.48. The Morgan fingerprint density at radius 3 is 2.38 bits per heavy atom. The molecule has 2 amide bonds. The Morgan fingerprint density at radius 2 is 1.75 bits per heavy atom. The first-order valence-electron chi connectivity index (χ1n) is 8.90. The van der Waals surface area contributed by atoms with Crippen LogP contribution in [0.4, 0.5) is 0 Å². The first-order valence-corrected chi connectivity index (χ1v) is 8.90. The van der Waals surface area contributed by atoms with Crippen LogP contribution in [0.1, 0.15) is 18.9 Å². The van der Waals surface area contributed by atoms with E-state index in [0.717, 1.165) is 38.3 Å². The summed E-state index contributed by atoms with van der Waals surface area (Å²) in [6, 6.07) is 9.97. The summed E-state index contributed by atoms with van der Waals surface area (Å²) in [6.45, 7) is 7.27. The number of nitrogens with zero attached hydrogens (tertiary/aromatic N) is 3. The lowest BCUT2D eigenvalue weighted by atomic mass is 10.2. The molecule has 1 heterocycles. The van der Waals surface area contributed by atoms with Crippen LogP contribution in [0.15, 0.2) is 30.3 Å². The summed E-state index contributed by atoms with van der Waals surface area (Å²) in [5.41, 5.74) is 1.12. The largest absolute Gasteiger partial charge is 0.341 e. The van der Waals surface area contributed by atoms with E-state index in [0.29, 0.717) is 13.0 Å². The average Bonchev–Trinajstić information content (AvgIpc) is 3.42. The van der Waals surface area contributed by atoms with E-state index in [4.69, 9.17) is 0 Å². The lowest BCUT2D eigenvalue weighted by Gasteiger charge is -2.34. The second-order valence-corrected chi connectivity index (χ2v) is 6.89. The molecule has 2 aliphatic rings. The highest BCUT2D eigenvalue weighted by molar-refractivity contribution is 5.92. The van der Waals surface area contributed by atoms with E-state index in [-0.39, 0.29) is 23.7 Å². The van der Waals surface area contributed by atoms with Gasteiger partial charge in [0.05, 0.1) is 11.8 Å². The van der Waals surface area contributed by atoms with Gasteiger partial charge in [-0.2, -0.15) is 0 Å². The van der Waals surface area contributed by atoms with Crippen LogP contribution in [-0.2, 0) is 16.1 Å². The predicted octanol–water partition coefficient (Wildman–Crippen LogP) is 1.45. The fraction of sp³-hybridized carbons (Fsp3) is 0.579. The van der Waals surface area contributed by atoms with Crippen molar-refractivity contribution >= 4 is 11.8 Å². The van der Waals surface area contributed by atoms with Crippen LogP contribution in [0.5, 0.6) is 0 Å². The van der Waals surface area contributed by atoms with Crippen LogP contribution in [0.3, 0.4) is 0 Å². The topological polar surface area (TPSA) is 43.9 Å². The van der Waals surface area contributed by atoms with E-state index in [1.807, 2.05) is 42.3 Å². The van der Waals surface area contributed by atoms with Gasteiger partial charge in [0.15, 0.2) is 0 Å². The third-order valence-corrected chi connectivity index (χ3v) is 5.19. The molecule has 3 rings (SSSR count). The van der Waals surface area contributed by atoms with Crippen LogP contribution < -0.4 is 0 Å². The van der Waals surface area contributed by atoms with Gasteiger partial charge in [-0.15, -0.1) is 0 Å². The van der Waals surface area contributed by atoms with E-state index in [1.165, 1.54) is 0 Å². The van der Waals surface area contributed by atoms with Crippen LogP contribution in [-0.4, -0.2) is 66.3 Å². The third-order valence-electron chi connectivity index (χ3n) is 5.19. The minimum absolute atomic E-state index is 0.0936. The molecule has 1 aliphatic heterocycles. The molecule has 0 radical (unpaired) electrons. The maximum Gasteiger partial charge on any atom is 0.226 e. The van der Waals surface area contributed by atoms with Gasteiger partial charge in [-0.25, -0.2) is 0 Å². The number of hydrogen-bond acceptors (Lipinski definition) is 3. The molecule has 1 saturated heterocycles. The lowest BCUT2D eigenvalue weighted by Crippen LogP contribution is -2.49. The van der Waals surface area contributed by atoms with E-state index >= 15 is 0 Å². The number of amides is 2. The summed E-state index contributed by atoms with van der Waals surface area (Å²) in [6.07, 6.45) is 0.713. The van der Waals surface area contributed by atoms with Crippen LogP contribution in [0.2, 0.25) is 0 Å². The summed E-state index contributed by atoms with van der Waals surface area (Å²) in [5.74, 6) is 0.0703. The Morgan fingerprint density at radius 1 is 1.08 bits per heavy atom. The smallest absolute Gasteiger partial charge is 0.226 e. The van der Waals surface area contributed by atoms with Gasteiger partial charge in [-0.05, 0) is 18.5 Å². The minimum Gasteiger partial charge on any atom is -0.341 e. The van der Waals surface area contributed by atoms with Crippen molar-refractivity contribution in [1.82, 2.24) is 14.7 Å². The summed E-state index contributed by atoms with van der Waals surface area (Å²) < 4.78 is 0. The molecular formula is C19H27N3O2. The maximum atomic E-state index is 12.6. The molecular weight excluding hydrogens is 302 g/mol. The van der Waals surface area contributed by atoms with Gasteiger partial charge >= 0.3 is 0 Å². The number of hydrogen-bond donors (Lipinski definition) is 0. The van der Waals surface area contributed by atoms with E-state index in [9.17, 15) is 9.59 Å². The van der Waals surface area contributed by atoms with Crippen molar-refractivity contribution < 1.29 is 9.59 Å². The van der Waals surface area contributed by atoms with Gasteiger partial charge in [-0.3, -0.25) is 9.59 Å². The zero-order chi connectivity index (χ0) is 17.1. The summed E-state index contributed by atoms with van der Waals surface area (Å²) in [5, 5.41) is 0. The van der Waals surface area contributed by atoms with Gasteiger partial charge < -0.3 is 14.7 Å². The summed E-state index contributed by atoms with van der Waals surface area (Å²) in [7, 11) is 1.83. The van der Waals surface area contributed by atoms with Gasteiger partial charge in [0, 0.05) is 39.8 Å². The molecule has 1 aromatic rings. The van der Waals surface area contributed by atoms with E-state index in [2.05, 4.69) is 11.8 Å². The molecule has 130 valence electrons. The molecule has 2 unspecified atom stereocenters. The second kappa shape index (κ2) is 7.34. The van der Waals surface area contributed by atoms with Crippen LogP contribution in [0.25, 0.3) is 0 Å². The highest BCUT2D eigenvalue weighted by Gasteiger charge is 2.50. The first-order chi connectivity index (χ1) is 11.6. The Bertz CT molecular complexity index is 582. The normalized spacial score (nSPS) is 23.8. The maximum absolute atomic E-state index is 12.6. The second-order valence-electron chi connectivity index (χ2n) is 6.89. The summed E-state index contributed by atoms with van der Waals surface area (Å²) in [4.78, 5) is 31.2. The molecule has 0 N–H and O–H groups in total. The Hall–Kier alpha value is -1.88. The number of benzene rings is 1. The zero-order valence-corrected chi connectivity index (χ0v) is 14.6. The average molecular weight is 329 g/mol. The molecule has 0 spiro atoms. The number of piperazine rings is 1. The SMILES string of the molecule is CCN1CCN(C(=O)C2CC2C(=O)N(C)Cc2ccccc2)CC1. The minimum atomic E-state index is -0.115. The number of rotatable bonds is 5. The van der Waals surface area contributed by atoms with Gasteiger partial charge in [0.25, 0.3) is 0 Å². The molecule has 2 atom stereocenters. The summed E-state index contributed by atoms with van der Waals surface area (Å²) >= 11 is 0. The molecule has 1 aliphatic carbocycles. The van der Waals surface area contributed by atoms with Crippen molar-refractivity contribution in [2.24, 2.45) is 11.8 Å². The Balaban J connectivity index is 1.49.